The highest BCUT2D eigenvalue weighted by Gasteiger charge is 2.35. The maximum atomic E-state index is 11.8. The molecule has 0 aliphatic heterocycles. The van der Waals surface area contributed by atoms with Crippen LogP contribution in [0.4, 0.5) is 10.5 Å². The number of anilines is 1. The first-order chi connectivity index (χ1) is 11.7. The summed E-state index contributed by atoms with van der Waals surface area (Å²) in [5, 5.41) is 7.76. The molecule has 0 radical (unpaired) electrons. The maximum Gasteiger partial charge on any atom is 0.408 e. The summed E-state index contributed by atoms with van der Waals surface area (Å²) in [6.07, 6.45) is -1.97. The number of hydrogen-bond donors (Lipinski definition) is 3. The third-order valence-electron chi connectivity index (χ3n) is 2.72. The van der Waals surface area contributed by atoms with Gasteiger partial charge in [0.25, 0.3) is 0 Å². The van der Waals surface area contributed by atoms with Crippen LogP contribution in [0.25, 0.3) is 0 Å². The van der Waals surface area contributed by atoms with Crippen LogP contribution < -0.4 is 16.0 Å². The van der Waals surface area contributed by atoms with Gasteiger partial charge in [0.15, 0.2) is 11.3 Å². The molecule has 1 rings (SSSR count). The van der Waals surface area contributed by atoms with Gasteiger partial charge in [-0.05, 0) is 31.3 Å². The molecule has 0 aliphatic carbocycles. The number of carbonyl (C=O) groups excluding carboxylic acids is 2. The fourth-order valence-corrected chi connectivity index (χ4v) is 2.22. The van der Waals surface area contributed by atoms with E-state index in [1.807, 2.05) is 0 Å². The zero-order valence-corrected chi connectivity index (χ0v) is 16.4. The minimum absolute atomic E-state index is 0.00414. The maximum absolute atomic E-state index is 11.8. The van der Waals surface area contributed by atoms with E-state index >= 15 is 0 Å². The molecule has 1 amide bonds. The number of halogens is 3. The van der Waals surface area contributed by atoms with Gasteiger partial charge in [0.2, 0.25) is 3.79 Å². The fraction of sp³-hybridized carbons (Fsp3) is 0.357. The Kier molecular flexibility index (Phi) is 8.51. The topological polar surface area (TPSA) is 88.7 Å². The van der Waals surface area contributed by atoms with Crippen molar-refractivity contribution in [3.8, 4) is 0 Å². The first-order valence-electron chi connectivity index (χ1n) is 6.93. The SMILES string of the molecule is CCOC(=O)N[C@H](NC(=S)Nc1ccccc1C(=O)OC)C(Cl)(Cl)Cl. The van der Waals surface area contributed by atoms with Crippen LogP contribution >= 0.6 is 47.0 Å². The lowest BCUT2D eigenvalue weighted by molar-refractivity contribution is 0.0602. The monoisotopic (exact) mass is 427 g/mol. The van der Waals surface area contributed by atoms with Crippen LogP contribution in [-0.2, 0) is 9.47 Å². The van der Waals surface area contributed by atoms with Crippen LogP contribution in [0, 0.1) is 0 Å². The number of methoxy groups -OCH3 is 1. The number of alkyl halides is 3. The molecule has 0 saturated carbocycles. The first kappa shape index (κ1) is 21.6. The number of carbonyl (C=O) groups is 2. The van der Waals surface area contributed by atoms with Crippen LogP contribution in [0.15, 0.2) is 24.3 Å². The van der Waals surface area contributed by atoms with Gasteiger partial charge >= 0.3 is 12.1 Å². The van der Waals surface area contributed by atoms with E-state index in [-0.39, 0.29) is 17.3 Å². The molecule has 0 aliphatic rings. The van der Waals surface area contributed by atoms with Crippen molar-refractivity contribution in [2.75, 3.05) is 19.0 Å². The highest BCUT2D eigenvalue weighted by Crippen LogP contribution is 2.29. The highest BCUT2D eigenvalue weighted by atomic mass is 35.6. The second-order valence-corrected chi connectivity index (χ2v) is 7.25. The number of para-hydroxylation sites is 1. The fourth-order valence-electron chi connectivity index (χ4n) is 1.66. The molecule has 0 fully saturated rings. The molecule has 7 nitrogen and oxygen atoms in total. The van der Waals surface area contributed by atoms with E-state index in [0.29, 0.717) is 5.69 Å². The molecule has 0 unspecified atom stereocenters. The number of rotatable bonds is 5. The average molecular weight is 429 g/mol. The number of hydrogen-bond acceptors (Lipinski definition) is 5. The molecular weight excluding hydrogens is 413 g/mol. The van der Waals surface area contributed by atoms with Gasteiger partial charge in [-0.3, -0.25) is 5.32 Å². The van der Waals surface area contributed by atoms with Gasteiger partial charge in [0, 0.05) is 0 Å². The molecule has 11 heteroatoms. The first-order valence-corrected chi connectivity index (χ1v) is 8.48. The molecular formula is C14H16Cl3N3O4S. The number of nitrogens with one attached hydrogen (secondary N) is 3. The Morgan fingerprint density at radius 3 is 2.44 bits per heavy atom. The summed E-state index contributed by atoms with van der Waals surface area (Å²) >= 11 is 22.6. The number of thiocarbonyl (C=S) groups is 1. The van der Waals surface area contributed by atoms with Crippen LogP contribution in [0.3, 0.4) is 0 Å². The highest BCUT2D eigenvalue weighted by molar-refractivity contribution is 7.80. The van der Waals surface area contributed by atoms with E-state index in [9.17, 15) is 9.59 Å². The van der Waals surface area contributed by atoms with Gasteiger partial charge in [-0.1, -0.05) is 46.9 Å². The average Bonchev–Trinajstić information content (AvgIpc) is 2.53. The van der Waals surface area contributed by atoms with Crippen LogP contribution in [0.1, 0.15) is 17.3 Å². The number of alkyl carbamates (subject to hydrolysis) is 1. The van der Waals surface area contributed by atoms with Crippen molar-refractivity contribution in [2.24, 2.45) is 0 Å². The van der Waals surface area contributed by atoms with E-state index in [0.717, 1.165) is 0 Å². The second kappa shape index (κ2) is 9.86. The summed E-state index contributed by atoms with van der Waals surface area (Å²) in [5.74, 6) is -0.548. The Labute approximate surface area is 165 Å². The predicted molar refractivity (Wildman–Crippen MR) is 101 cm³/mol. The summed E-state index contributed by atoms with van der Waals surface area (Å²) < 4.78 is 7.52. The van der Waals surface area contributed by atoms with Gasteiger partial charge in [0.1, 0.15) is 0 Å². The number of benzene rings is 1. The molecule has 0 saturated heterocycles. The third kappa shape index (κ3) is 7.11. The lowest BCUT2D eigenvalue weighted by atomic mass is 10.2. The van der Waals surface area contributed by atoms with E-state index in [2.05, 4.69) is 16.0 Å². The predicted octanol–water partition coefficient (Wildman–Crippen LogP) is 3.20. The molecule has 138 valence electrons. The van der Waals surface area contributed by atoms with Crippen molar-refractivity contribution in [2.45, 2.75) is 16.9 Å². The molecule has 1 aromatic rings. The number of ether oxygens (including phenoxy) is 2. The van der Waals surface area contributed by atoms with Crippen molar-refractivity contribution in [1.29, 1.82) is 0 Å². The summed E-state index contributed by atoms with van der Waals surface area (Å²) in [7, 11) is 1.26. The van der Waals surface area contributed by atoms with Crippen LogP contribution in [0.5, 0.6) is 0 Å². The molecule has 1 atom stereocenters. The molecule has 0 heterocycles. The number of amides is 1. The van der Waals surface area contributed by atoms with Gasteiger partial charge in [0.05, 0.1) is 25.0 Å². The quantitative estimate of drug-likeness (QED) is 0.287. The Balaban J connectivity index is 2.85. The van der Waals surface area contributed by atoms with Crippen LogP contribution in [-0.4, -0.2) is 40.8 Å². The summed E-state index contributed by atoms with van der Waals surface area (Å²) in [6, 6.07) is 6.53. The largest absolute Gasteiger partial charge is 0.465 e. The minimum Gasteiger partial charge on any atom is -0.465 e. The normalized spacial score (nSPS) is 11.9. The summed E-state index contributed by atoms with van der Waals surface area (Å²) in [4.78, 5) is 23.3. The molecule has 1 aromatic carbocycles. The zero-order chi connectivity index (χ0) is 19.0. The smallest absolute Gasteiger partial charge is 0.408 e. The van der Waals surface area contributed by atoms with E-state index in [1.165, 1.54) is 7.11 Å². The summed E-state index contributed by atoms with van der Waals surface area (Å²) in [5.41, 5.74) is 0.643. The van der Waals surface area contributed by atoms with Crippen molar-refractivity contribution in [3.05, 3.63) is 29.8 Å². The molecule has 25 heavy (non-hydrogen) atoms. The Bertz CT molecular complexity index is 640. The van der Waals surface area contributed by atoms with Gasteiger partial charge < -0.3 is 20.1 Å². The summed E-state index contributed by atoms with van der Waals surface area (Å²) in [6.45, 7) is 1.78. The Morgan fingerprint density at radius 1 is 1.24 bits per heavy atom. The Hall–Kier alpha value is -1.48. The molecule has 0 bridgehead atoms. The third-order valence-corrected chi connectivity index (χ3v) is 3.60. The standard InChI is InChI=1S/C14H16Cl3N3O4S/c1-3-24-13(22)20-11(14(15,16)17)19-12(25)18-9-7-5-4-6-8(9)10(21)23-2/h4-7,11H,3H2,1-2H3,(H,20,22)(H2,18,19,25)/t11-/m0/s1. The van der Waals surface area contributed by atoms with Crippen molar-refractivity contribution >= 4 is 69.9 Å². The molecule has 0 spiro atoms. The lowest BCUT2D eigenvalue weighted by Gasteiger charge is -2.27. The lowest BCUT2D eigenvalue weighted by Crippen LogP contribution is -2.56. The number of esters is 1. The van der Waals surface area contributed by atoms with Gasteiger partial charge in [-0.25, -0.2) is 9.59 Å². The minimum atomic E-state index is -1.92. The van der Waals surface area contributed by atoms with E-state index in [1.54, 1.807) is 31.2 Å². The molecule has 3 N–H and O–H groups in total. The van der Waals surface area contributed by atoms with E-state index < -0.39 is 22.0 Å². The van der Waals surface area contributed by atoms with Crippen LogP contribution in [0.2, 0.25) is 0 Å². The van der Waals surface area contributed by atoms with Crippen molar-refractivity contribution in [3.63, 3.8) is 0 Å². The van der Waals surface area contributed by atoms with Gasteiger partial charge in [-0.2, -0.15) is 0 Å². The van der Waals surface area contributed by atoms with E-state index in [4.69, 9.17) is 56.5 Å². The van der Waals surface area contributed by atoms with Crippen molar-refractivity contribution < 1.29 is 19.1 Å². The van der Waals surface area contributed by atoms with Crippen molar-refractivity contribution in [1.82, 2.24) is 10.6 Å². The van der Waals surface area contributed by atoms with Gasteiger partial charge in [-0.15, -0.1) is 0 Å². The molecule has 0 aromatic heterocycles. The Morgan fingerprint density at radius 2 is 1.88 bits per heavy atom. The second-order valence-electron chi connectivity index (χ2n) is 4.48. The zero-order valence-electron chi connectivity index (χ0n) is 13.3.